The number of aryl methyl sites for hydroxylation is 1. The van der Waals surface area contributed by atoms with E-state index in [-0.39, 0.29) is 13.1 Å². The Morgan fingerprint density at radius 1 is 1.28 bits per heavy atom. The quantitative estimate of drug-likeness (QED) is 0.755. The topological polar surface area (TPSA) is 70.4 Å². The summed E-state index contributed by atoms with van der Waals surface area (Å²) in [6.07, 6.45) is 5.08. The van der Waals surface area contributed by atoms with Crippen LogP contribution in [0.25, 0.3) is 10.4 Å². The lowest BCUT2D eigenvalue weighted by Gasteiger charge is -2.33. The number of aliphatic hydroxyl groups is 1. The van der Waals surface area contributed by atoms with E-state index in [0.29, 0.717) is 11.3 Å². The van der Waals surface area contributed by atoms with Crippen LogP contribution < -0.4 is 0 Å². The normalized spacial score (nSPS) is 16.8. The highest BCUT2D eigenvalue weighted by molar-refractivity contribution is 7.15. The van der Waals surface area contributed by atoms with E-state index in [1.807, 2.05) is 29.5 Å². The van der Waals surface area contributed by atoms with Gasteiger partial charge in [0.05, 0.1) is 22.2 Å². The zero-order chi connectivity index (χ0) is 18.4. The van der Waals surface area contributed by atoms with Crippen LogP contribution in [0.4, 0.5) is 0 Å². The molecule has 1 aliphatic carbocycles. The Labute approximate surface area is 153 Å². The molecule has 25 heavy (non-hydrogen) atoms. The first-order chi connectivity index (χ1) is 11.9. The Hall–Kier alpha value is -1.72. The summed E-state index contributed by atoms with van der Waals surface area (Å²) in [6.45, 7) is 6.68. The largest absolute Gasteiger partial charge is 0.483 e. The Bertz CT molecular complexity index is 699. The van der Waals surface area contributed by atoms with Crippen molar-refractivity contribution in [3.8, 4) is 10.4 Å². The van der Waals surface area contributed by atoms with Gasteiger partial charge in [0, 0.05) is 5.92 Å². The van der Waals surface area contributed by atoms with Crippen LogP contribution in [0.2, 0.25) is 0 Å². The first kappa shape index (κ1) is 19.6. The van der Waals surface area contributed by atoms with Crippen LogP contribution in [0.15, 0.2) is 24.3 Å². The maximum Gasteiger partial charge on any atom is 0.290 e. The molecule has 1 aliphatic rings. The van der Waals surface area contributed by atoms with Crippen molar-refractivity contribution >= 4 is 17.8 Å². The van der Waals surface area contributed by atoms with Gasteiger partial charge in [-0.25, -0.2) is 4.98 Å². The molecule has 1 heterocycles. The van der Waals surface area contributed by atoms with E-state index in [9.17, 15) is 5.11 Å². The second kappa shape index (κ2) is 8.59. The zero-order valence-electron chi connectivity index (χ0n) is 15.2. The molecule has 0 amide bonds. The fraction of sp³-hybridized carbons (Fsp3) is 0.500. The van der Waals surface area contributed by atoms with Crippen molar-refractivity contribution < 1.29 is 15.0 Å². The third kappa shape index (κ3) is 4.89. The third-order valence-electron chi connectivity index (χ3n) is 4.93. The van der Waals surface area contributed by atoms with Crippen molar-refractivity contribution in [1.82, 2.24) is 4.98 Å². The summed E-state index contributed by atoms with van der Waals surface area (Å²) in [7, 11) is 0. The summed E-state index contributed by atoms with van der Waals surface area (Å²) < 4.78 is 0. The molecule has 1 aromatic heterocycles. The van der Waals surface area contributed by atoms with Crippen molar-refractivity contribution in [2.24, 2.45) is 5.41 Å². The van der Waals surface area contributed by atoms with Gasteiger partial charge in [0.1, 0.15) is 0 Å². The minimum atomic E-state index is -0.250. The van der Waals surface area contributed by atoms with E-state index in [1.54, 1.807) is 0 Å². The predicted octanol–water partition coefficient (Wildman–Crippen LogP) is 5.00. The van der Waals surface area contributed by atoms with Gasteiger partial charge in [-0.15, -0.1) is 11.3 Å². The lowest BCUT2D eigenvalue weighted by Crippen LogP contribution is -2.20. The summed E-state index contributed by atoms with van der Waals surface area (Å²) >= 11 is 1.83. The minimum Gasteiger partial charge on any atom is -0.483 e. The van der Waals surface area contributed by atoms with Crippen LogP contribution in [0, 0.1) is 12.3 Å². The standard InChI is InChI=1S/C19H25NOS.CH2O2/c1-13-17(16-7-5-4-6-15(16)12-21)22-18(20-13)14-8-10-19(2,3)11-9-14;2-1-3/h4-7,14,21H,8-12H2,1-3H3;1H,(H,2,3). The van der Waals surface area contributed by atoms with E-state index >= 15 is 0 Å². The Morgan fingerprint density at radius 2 is 1.88 bits per heavy atom. The van der Waals surface area contributed by atoms with Crippen LogP contribution in [-0.2, 0) is 11.4 Å². The summed E-state index contributed by atoms with van der Waals surface area (Å²) in [6, 6.07) is 8.11. The monoisotopic (exact) mass is 361 g/mol. The Balaban J connectivity index is 0.000000701. The number of rotatable bonds is 3. The molecule has 5 heteroatoms. The van der Waals surface area contributed by atoms with Gasteiger partial charge in [-0.3, -0.25) is 4.79 Å². The van der Waals surface area contributed by atoms with Gasteiger partial charge in [0.25, 0.3) is 6.47 Å². The van der Waals surface area contributed by atoms with Gasteiger partial charge in [0.15, 0.2) is 0 Å². The van der Waals surface area contributed by atoms with Gasteiger partial charge in [-0.1, -0.05) is 38.1 Å². The molecular formula is C20H27NO3S. The maximum absolute atomic E-state index is 9.57. The number of aliphatic hydroxyl groups excluding tert-OH is 1. The molecule has 4 nitrogen and oxygen atoms in total. The average Bonchev–Trinajstić information content (AvgIpc) is 2.97. The fourth-order valence-corrected chi connectivity index (χ4v) is 4.66. The van der Waals surface area contributed by atoms with E-state index < -0.39 is 0 Å². The Morgan fingerprint density at radius 3 is 2.48 bits per heavy atom. The van der Waals surface area contributed by atoms with Crippen LogP contribution in [0.3, 0.4) is 0 Å². The van der Waals surface area contributed by atoms with Crippen LogP contribution in [0.1, 0.15) is 61.7 Å². The predicted molar refractivity (Wildman–Crippen MR) is 102 cm³/mol. The summed E-state index contributed by atoms with van der Waals surface area (Å²) in [4.78, 5) is 14.5. The number of aromatic nitrogens is 1. The van der Waals surface area contributed by atoms with Crippen molar-refractivity contribution in [1.29, 1.82) is 0 Å². The highest BCUT2D eigenvalue weighted by atomic mass is 32.1. The molecule has 0 unspecified atom stereocenters. The van der Waals surface area contributed by atoms with Crippen LogP contribution >= 0.6 is 11.3 Å². The van der Waals surface area contributed by atoms with Gasteiger partial charge in [-0.2, -0.15) is 0 Å². The number of carbonyl (C=O) groups is 1. The van der Waals surface area contributed by atoms with Gasteiger partial charge >= 0.3 is 0 Å². The molecule has 136 valence electrons. The maximum atomic E-state index is 9.57. The first-order valence-electron chi connectivity index (χ1n) is 8.66. The number of hydrogen-bond donors (Lipinski definition) is 2. The summed E-state index contributed by atoms with van der Waals surface area (Å²) in [5.74, 6) is 0.617. The van der Waals surface area contributed by atoms with Crippen molar-refractivity contribution in [3.05, 3.63) is 40.5 Å². The molecule has 1 fully saturated rings. The fourth-order valence-electron chi connectivity index (χ4n) is 3.37. The molecule has 1 aromatic carbocycles. The Kier molecular flexibility index (Phi) is 6.73. The summed E-state index contributed by atoms with van der Waals surface area (Å²) in [5.41, 5.74) is 3.73. The van der Waals surface area contributed by atoms with Crippen molar-refractivity contribution in [2.75, 3.05) is 0 Å². The smallest absolute Gasteiger partial charge is 0.290 e. The molecule has 0 spiro atoms. The van der Waals surface area contributed by atoms with Crippen molar-refractivity contribution in [2.45, 2.75) is 59.0 Å². The van der Waals surface area contributed by atoms with E-state index in [4.69, 9.17) is 14.9 Å². The van der Waals surface area contributed by atoms with Crippen molar-refractivity contribution in [3.63, 3.8) is 0 Å². The number of thiazole rings is 1. The molecule has 1 saturated carbocycles. The lowest BCUT2D eigenvalue weighted by molar-refractivity contribution is -0.122. The van der Waals surface area contributed by atoms with Gasteiger partial charge in [-0.05, 0) is 49.1 Å². The number of hydrogen-bond acceptors (Lipinski definition) is 4. The molecule has 0 radical (unpaired) electrons. The number of carboxylic acid groups (broad SMARTS) is 1. The highest BCUT2D eigenvalue weighted by Gasteiger charge is 2.29. The molecule has 2 N–H and O–H groups in total. The second-order valence-corrected chi connectivity index (χ2v) is 8.36. The molecule has 0 aliphatic heterocycles. The van der Waals surface area contributed by atoms with E-state index in [0.717, 1.165) is 16.8 Å². The van der Waals surface area contributed by atoms with Gasteiger partial charge in [0.2, 0.25) is 0 Å². The SMILES string of the molecule is Cc1nc(C2CCC(C)(C)CC2)sc1-c1ccccc1CO.O=CO. The molecule has 0 saturated heterocycles. The van der Waals surface area contributed by atoms with Crippen LogP contribution in [0.5, 0.6) is 0 Å². The summed E-state index contributed by atoms with van der Waals surface area (Å²) in [5, 5.41) is 17.7. The minimum absolute atomic E-state index is 0.0838. The van der Waals surface area contributed by atoms with E-state index in [1.165, 1.54) is 35.6 Å². The molecular weight excluding hydrogens is 334 g/mol. The highest BCUT2D eigenvalue weighted by Crippen LogP contribution is 2.45. The van der Waals surface area contributed by atoms with Gasteiger partial charge < -0.3 is 10.2 Å². The van der Waals surface area contributed by atoms with E-state index in [2.05, 4.69) is 26.8 Å². The number of nitrogens with zero attached hydrogens (tertiary/aromatic N) is 1. The number of benzene rings is 1. The zero-order valence-corrected chi connectivity index (χ0v) is 16.0. The third-order valence-corrected chi connectivity index (χ3v) is 6.29. The molecule has 0 bridgehead atoms. The molecule has 2 aromatic rings. The lowest BCUT2D eigenvalue weighted by atomic mass is 9.73. The molecule has 3 rings (SSSR count). The molecule has 0 atom stereocenters. The second-order valence-electron chi connectivity index (χ2n) is 7.33. The average molecular weight is 362 g/mol. The van der Waals surface area contributed by atoms with Crippen LogP contribution in [-0.4, -0.2) is 21.7 Å². The first-order valence-corrected chi connectivity index (χ1v) is 9.48.